The predicted molar refractivity (Wildman–Crippen MR) is 76.3 cm³/mol. The van der Waals surface area contributed by atoms with Crippen LogP contribution in [-0.4, -0.2) is 36.7 Å². The Morgan fingerprint density at radius 2 is 2.05 bits per heavy atom. The highest BCUT2D eigenvalue weighted by molar-refractivity contribution is 5.85. The summed E-state index contributed by atoms with van der Waals surface area (Å²) in [7, 11) is 0. The topological polar surface area (TPSA) is 75.6 Å². The molecule has 0 radical (unpaired) electrons. The summed E-state index contributed by atoms with van der Waals surface area (Å²) in [6, 6.07) is 0. The number of nitrogens with one attached hydrogen (secondary N) is 1. The summed E-state index contributed by atoms with van der Waals surface area (Å²) in [4.78, 5) is 23.3. The van der Waals surface area contributed by atoms with E-state index in [0.29, 0.717) is 38.5 Å². The summed E-state index contributed by atoms with van der Waals surface area (Å²) in [5, 5.41) is 12.0. The zero-order chi connectivity index (χ0) is 15.0. The van der Waals surface area contributed by atoms with Crippen molar-refractivity contribution in [3.05, 3.63) is 12.7 Å². The van der Waals surface area contributed by atoms with Gasteiger partial charge in [-0.05, 0) is 25.2 Å². The zero-order valence-corrected chi connectivity index (χ0v) is 12.1. The Morgan fingerprint density at radius 3 is 2.65 bits per heavy atom. The van der Waals surface area contributed by atoms with Crippen molar-refractivity contribution in [1.29, 1.82) is 0 Å². The van der Waals surface area contributed by atoms with Crippen LogP contribution < -0.4 is 5.32 Å². The first kappa shape index (κ1) is 16.7. The van der Waals surface area contributed by atoms with Crippen molar-refractivity contribution in [3.8, 4) is 0 Å². The molecule has 5 nitrogen and oxygen atoms in total. The number of hydrogen-bond donors (Lipinski definition) is 2. The normalized spacial score (nSPS) is 25.4. The molecule has 20 heavy (non-hydrogen) atoms. The lowest BCUT2D eigenvalue weighted by Gasteiger charge is -2.15. The van der Waals surface area contributed by atoms with E-state index in [-0.39, 0.29) is 5.91 Å². The Balaban J connectivity index is 2.33. The SMILES string of the molecule is C=CCCOCCNC(=O)C1CC(CC)CC1C(=O)O. The van der Waals surface area contributed by atoms with E-state index >= 15 is 0 Å². The van der Waals surface area contributed by atoms with Gasteiger partial charge < -0.3 is 15.2 Å². The molecule has 0 heterocycles. The number of carboxylic acid groups (broad SMARTS) is 1. The van der Waals surface area contributed by atoms with Crippen LogP contribution in [0.1, 0.15) is 32.6 Å². The van der Waals surface area contributed by atoms with Gasteiger partial charge in [-0.1, -0.05) is 19.4 Å². The van der Waals surface area contributed by atoms with Crippen LogP contribution in [0.5, 0.6) is 0 Å². The van der Waals surface area contributed by atoms with E-state index in [4.69, 9.17) is 4.74 Å². The molecular formula is C15H25NO4. The Labute approximate surface area is 120 Å². The Morgan fingerprint density at radius 1 is 1.35 bits per heavy atom. The highest BCUT2D eigenvalue weighted by atomic mass is 16.5. The number of ether oxygens (including phenoxy) is 1. The standard InChI is InChI=1S/C15H25NO4/c1-3-5-7-20-8-6-16-14(17)12-9-11(4-2)10-13(12)15(18)19/h3,11-13H,1,4-10H2,2H3,(H,16,17)(H,18,19). The molecule has 5 heteroatoms. The van der Waals surface area contributed by atoms with Crippen molar-refractivity contribution in [2.24, 2.45) is 17.8 Å². The summed E-state index contributed by atoms with van der Waals surface area (Å²) in [5.41, 5.74) is 0. The fourth-order valence-electron chi connectivity index (χ4n) is 2.69. The first-order valence-corrected chi connectivity index (χ1v) is 7.29. The van der Waals surface area contributed by atoms with Crippen molar-refractivity contribution >= 4 is 11.9 Å². The van der Waals surface area contributed by atoms with Gasteiger partial charge in [0.25, 0.3) is 0 Å². The molecule has 1 rings (SSSR count). The molecule has 0 aromatic heterocycles. The third kappa shape index (κ3) is 4.96. The molecule has 1 saturated carbocycles. The molecule has 0 saturated heterocycles. The largest absolute Gasteiger partial charge is 0.481 e. The van der Waals surface area contributed by atoms with Gasteiger partial charge in [-0.3, -0.25) is 9.59 Å². The smallest absolute Gasteiger partial charge is 0.307 e. The minimum atomic E-state index is -0.858. The molecule has 1 amide bonds. The van der Waals surface area contributed by atoms with Crippen LogP contribution in [0.4, 0.5) is 0 Å². The summed E-state index contributed by atoms with van der Waals surface area (Å²) >= 11 is 0. The first-order chi connectivity index (χ1) is 9.60. The van der Waals surface area contributed by atoms with Gasteiger partial charge in [-0.15, -0.1) is 6.58 Å². The van der Waals surface area contributed by atoms with Gasteiger partial charge >= 0.3 is 5.97 Å². The summed E-state index contributed by atoms with van der Waals surface area (Å²) in [6.45, 7) is 7.10. The summed E-state index contributed by atoms with van der Waals surface area (Å²) in [5.74, 6) is -1.60. The van der Waals surface area contributed by atoms with Crippen LogP contribution in [0, 0.1) is 17.8 Å². The Bertz CT molecular complexity index is 343. The zero-order valence-electron chi connectivity index (χ0n) is 12.1. The molecule has 3 atom stereocenters. The lowest BCUT2D eigenvalue weighted by Crippen LogP contribution is -2.37. The molecule has 114 valence electrons. The van der Waals surface area contributed by atoms with Gasteiger partial charge in [0, 0.05) is 6.54 Å². The highest BCUT2D eigenvalue weighted by Gasteiger charge is 2.41. The highest BCUT2D eigenvalue weighted by Crippen LogP contribution is 2.38. The van der Waals surface area contributed by atoms with Gasteiger partial charge in [0.1, 0.15) is 0 Å². The van der Waals surface area contributed by atoms with E-state index in [0.717, 1.165) is 12.8 Å². The van der Waals surface area contributed by atoms with E-state index < -0.39 is 17.8 Å². The second-order valence-corrected chi connectivity index (χ2v) is 5.28. The maximum Gasteiger partial charge on any atom is 0.307 e. The van der Waals surface area contributed by atoms with Crippen LogP contribution in [0.2, 0.25) is 0 Å². The average molecular weight is 283 g/mol. The molecule has 1 aliphatic rings. The van der Waals surface area contributed by atoms with Crippen LogP contribution in [-0.2, 0) is 14.3 Å². The number of hydrogen-bond acceptors (Lipinski definition) is 3. The van der Waals surface area contributed by atoms with E-state index in [1.807, 2.05) is 6.92 Å². The lowest BCUT2D eigenvalue weighted by atomic mass is 9.95. The molecule has 3 unspecified atom stereocenters. The molecule has 0 spiro atoms. The van der Waals surface area contributed by atoms with E-state index in [1.165, 1.54) is 0 Å². The number of rotatable bonds is 9. The molecular weight excluding hydrogens is 258 g/mol. The van der Waals surface area contributed by atoms with E-state index in [9.17, 15) is 14.7 Å². The molecule has 1 aliphatic carbocycles. The average Bonchev–Trinajstić information content (AvgIpc) is 2.87. The second-order valence-electron chi connectivity index (χ2n) is 5.28. The van der Waals surface area contributed by atoms with Crippen molar-refractivity contribution < 1.29 is 19.4 Å². The molecule has 0 aromatic carbocycles. The van der Waals surface area contributed by atoms with Crippen LogP contribution in [0.15, 0.2) is 12.7 Å². The lowest BCUT2D eigenvalue weighted by molar-refractivity contribution is -0.146. The number of carboxylic acids is 1. The monoisotopic (exact) mass is 283 g/mol. The number of aliphatic carboxylic acids is 1. The molecule has 0 aromatic rings. The van der Waals surface area contributed by atoms with Gasteiger partial charge in [0.05, 0.1) is 25.0 Å². The van der Waals surface area contributed by atoms with Crippen molar-refractivity contribution in [1.82, 2.24) is 5.32 Å². The van der Waals surface area contributed by atoms with Gasteiger partial charge in [-0.2, -0.15) is 0 Å². The summed E-state index contributed by atoms with van der Waals surface area (Å²) in [6.07, 6.45) is 4.78. The fourth-order valence-corrected chi connectivity index (χ4v) is 2.69. The molecule has 2 N–H and O–H groups in total. The third-order valence-corrected chi connectivity index (χ3v) is 3.90. The molecule has 0 aliphatic heterocycles. The predicted octanol–water partition coefficient (Wildman–Crippen LogP) is 1.83. The van der Waals surface area contributed by atoms with Crippen molar-refractivity contribution in [3.63, 3.8) is 0 Å². The molecule has 0 bridgehead atoms. The van der Waals surface area contributed by atoms with E-state index in [1.54, 1.807) is 6.08 Å². The molecule has 1 fully saturated rings. The quantitative estimate of drug-likeness (QED) is 0.500. The van der Waals surface area contributed by atoms with Crippen molar-refractivity contribution in [2.75, 3.05) is 19.8 Å². The number of carbonyl (C=O) groups is 2. The second kappa shape index (κ2) is 8.74. The first-order valence-electron chi connectivity index (χ1n) is 7.29. The number of amides is 1. The Kier molecular flexibility index (Phi) is 7.30. The van der Waals surface area contributed by atoms with Gasteiger partial charge in [0.2, 0.25) is 5.91 Å². The van der Waals surface area contributed by atoms with Gasteiger partial charge in [-0.25, -0.2) is 0 Å². The van der Waals surface area contributed by atoms with E-state index in [2.05, 4.69) is 11.9 Å². The third-order valence-electron chi connectivity index (χ3n) is 3.90. The number of carbonyl (C=O) groups excluding carboxylic acids is 1. The van der Waals surface area contributed by atoms with Crippen LogP contribution in [0.3, 0.4) is 0 Å². The van der Waals surface area contributed by atoms with Crippen molar-refractivity contribution in [2.45, 2.75) is 32.6 Å². The minimum Gasteiger partial charge on any atom is -0.481 e. The summed E-state index contributed by atoms with van der Waals surface area (Å²) < 4.78 is 5.30. The minimum absolute atomic E-state index is 0.152. The Hall–Kier alpha value is -1.36. The maximum absolute atomic E-state index is 12.1. The fraction of sp³-hybridized carbons (Fsp3) is 0.733. The van der Waals surface area contributed by atoms with Crippen LogP contribution in [0.25, 0.3) is 0 Å². The van der Waals surface area contributed by atoms with Crippen LogP contribution >= 0.6 is 0 Å². The van der Waals surface area contributed by atoms with Gasteiger partial charge in [0.15, 0.2) is 0 Å². The maximum atomic E-state index is 12.1.